The fourth-order valence-corrected chi connectivity index (χ4v) is 4.87. The Kier molecular flexibility index (Phi) is 9.71. The largest absolute Gasteiger partial charge is 0.242 e. The number of nitrogens with zero attached hydrogens (tertiary/aromatic N) is 1. The minimum absolute atomic E-state index is 0.207. The summed E-state index contributed by atoms with van der Waals surface area (Å²) in [5, 5.41) is 3.63. The Labute approximate surface area is 171 Å². The van der Waals surface area contributed by atoms with Crippen molar-refractivity contribution in [2.45, 2.75) is 50.2 Å². The third kappa shape index (κ3) is 8.81. The number of aliphatic imine (C=N–C) groups is 1. The summed E-state index contributed by atoms with van der Waals surface area (Å²) in [6.07, 6.45) is 5.63. The number of rotatable bonds is 9. The molecule has 0 heterocycles. The van der Waals surface area contributed by atoms with Crippen molar-refractivity contribution < 1.29 is 4.39 Å². The first kappa shape index (κ1) is 21.8. The molecular weight excluding hydrogens is 373 g/mol. The molecule has 2 rings (SSSR count). The van der Waals surface area contributed by atoms with Gasteiger partial charge in [0.1, 0.15) is 5.82 Å². The Bertz CT molecular complexity index is 724. The molecule has 144 valence electrons. The van der Waals surface area contributed by atoms with Gasteiger partial charge in [0, 0.05) is 10.1 Å². The average Bonchev–Trinajstić information content (AvgIpc) is 2.64. The Morgan fingerprint density at radius 2 is 1.78 bits per heavy atom. The molecule has 0 saturated carbocycles. The van der Waals surface area contributed by atoms with Gasteiger partial charge in [-0.1, -0.05) is 57.2 Å². The van der Waals surface area contributed by atoms with Gasteiger partial charge in [0.25, 0.3) is 0 Å². The van der Waals surface area contributed by atoms with Crippen molar-refractivity contribution >= 4 is 34.3 Å². The Morgan fingerprint density at radius 3 is 2.41 bits per heavy atom. The van der Waals surface area contributed by atoms with Gasteiger partial charge < -0.3 is 0 Å². The highest BCUT2D eigenvalue weighted by atomic mass is 32.2. The van der Waals surface area contributed by atoms with E-state index < -0.39 is 0 Å². The minimum atomic E-state index is -0.207. The fourth-order valence-electron chi connectivity index (χ4n) is 2.66. The number of benzene rings is 2. The maximum Gasteiger partial charge on any atom is 0.123 e. The molecule has 0 radical (unpaired) electrons. The van der Waals surface area contributed by atoms with Crippen LogP contribution in [0.5, 0.6) is 0 Å². The van der Waals surface area contributed by atoms with Gasteiger partial charge in [-0.25, -0.2) is 9.38 Å². The number of halogens is 1. The first-order chi connectivity index (χ1) is 13.1. The lowest BCUT2D eigenvalue weighted by molar-refractivity contribution is 0.547. The molecule has 0 aliphatic carbocycles. The second-order valence-electron chi connectivity index (χ2n) is 6.82. The summed E-state index contributed by atoms with van der Waals surface area (Å²) in [4.78, 5) is 5.87. The molecule has 0 fully saturated rings. The smallest absolute Gasteiger partial charge is 0.123 e. The maximum absolute atomic E-state index is 13.0. The van der Waals surface area contributed by atoms with Crippen molar-refractivity contribution in [3.63, 3.8) is 0 Å². The monoisotopic (exact) mass is 401 g/mol. The number of hydrogen-bond donors (Lipinski definition) is 0. The number of para-hydroxylation sites is 1. The third-order valence-corrected chi connectivity index (χ3v) is 5.90. The molecule has 0 spiro atoms. The first-order valence-electron chi connectivity index (χ1n) is 9.46. The number of thioether (sulfide) groups is 2. The van der Waals surface area contributed by atoms with Crippen molar-refractivity contribution in [1.29, 1.82) is 0 Å². The zero-order chi connectivity index (χ0) is 19.5. The molecule has 0 aliphatic heterocycles. The maximum atomic E-state index is 13.0. The van der Waals surface area contributed by atoms with E-state index in [1.165, 1.54) is 31.4 Å². The lowest BCUT2D eigenvalue weighted by Gasteiger charge is -2.18. The second kappa shape index (κ2) is 12.0. The van der Waals surface area contributed by atoms with E-state index in [4.69, 9.17) is 4.99 Å². The van der Waals surface area contributed by atoms with Gasteiger partial charge >= 0.3 is 0 Å². The average molecular weight is 402 g/mol. The van der Waals surface area contributed by atoms with Gasteiger partial charge in [-0.3, -0.25) is 0 Å². The van der Waals surface area contributed by atoms with Crippen molar-refractivity contribution in [2.24, 2.45) is 10.9 Å². The third-order valence-electron chi connectivity index (χ3n) is 3.86. The van der Waals surface area contributed by atoms with Gasteiger partial charge in [-0.2, -0.15) is 0 Å². The normalized spacial score (nSPS) is 13.4. The van der Waals surface area contributed by atoms with E-state index in [0.717, 1.165) is 15.6 Å². The summed E-state index contributed by atoms with van der Waals surface area (Å²) in [5.74, 6) is 0.464. The summed E-state index contributed by atoms with van der Waals surface area (Å²) in [7, 11) is 0. The van der Waals surface area contributed by atoms with Crippen molar-refractivity contribution in [3.05, 3.63) is 71.9 Å². The van der Waals surface area contributed by atoms with Crippen LogP contribution in [0.15, 0.2) is 76.0 Å². The molecule has 0 N–H and O–H groups in total. The van der Waals surface area contributed by atoms with Gasteiger partial charge in [0.15, 0.2) is 0 Å². The van der Waals surface area contributed by atoms with E-state index in [1.54, 1.807) is 23.9 Å². The highest BCUT2D eigenvalue weighted by Gasteiger charge is 2.13. The van der Waals surface area contributed by atoms with Crippen molar-refractivity contribution in [1.82, 2.24) is 0 Å². The first-order valence-corrected chi connectivity index (χ1v) is 11.2. The van der Waals surface area contributed by atoms with Crippen LogP contribution >= 0.6 is 23.5 Å². The van der Waals surface area contributed by atoms with Gasteiger partial charge in [0.2, 0.25) is 0 Å². The predicted molar refractivity (Wildman–Crippen MR) is 121 cm³/mol. The van der Waals surface area contributed by atoms with Crippen LogP contribution in [0.4, 0.5) is 10.1 Å². The molecule has 27 heavy (non-hydrogen) atoms. The van der Waals surface area contributed by atoms with E-state index in [9.17, 15) is 4.39 Å². The molecule has 1 nitrogen and oxygen atoms in total. The van der Waals surface area contributed by atoms with Crippen LogP contribution < -0.4 is 0 Å². The van der Waals surface area contributed by atoms with Crippen LogP contribution in [-0.2, 0) is 0 Å². The summed E-state index contributed by atoms with van der Waals surface area (Å²) < 4.78 is 13.0. The van der Waals surface area contributed by atoms with Crippen molar-refractivity contribution in [3.8, 4) is 0 Å². The van der Waals surface area contributed by atoms with Crippen LogP contribution in [0.25, 0.3) is 0 Å². The van der Waals surface area contributed by atoms with E-state index in [1.807, 2.05) is 47.5 Å². The molecule has 1 atom stereocenters. The standard InChI is InChI=1S/C23H28FNS2/c1-4-8-22(17-18(2)3)27-23(25-20-9-6-5-7-10-20)15-16-26-21-13-11-19(24)12-14-21/h5-7,9-16,18,22H,4,8,17H2,1-3H3. The van der Waals surface area contributed by atoms with Gasteiger partial charge in [-0.15, -0.1) is 11.8 Å². The lowest BCUT2D eigenvalue weighted by atomic mass is 10.1. The number of hydrogen-bond acceptors (Lipinski definition) is 3. The quantitative estimate of drug-likeness (QED) is 0.239. The zero-order valence-corrected chi connectivity index (χ0v) is 17.9. The van der Waals surface area contributed by atoms with Crippen molar-refractivity contribution in [2.75, 3.05) is 0 Å². The Balaban J connectivity index is 2.14. The summed E-state index contributed by atoms with van der Waals surface area (Å²) >= 11 is 3.45. The van der Waals surface area contributed by atoms with Crippen LogP contribution in [-0.4, -0.2) is 10.3 Å². The van der Waals surface area contributed by atoms with E-state index in [-0.39, 0.29) is 5.82 Å². The highest BCUT2D eigenvalue weighted by molar-refractivity contribution is 8.15. The fraction of sp³-hybridized carbons (Fsp3) is 0.348. The molecule has 4 heteroatoms. The zero-order valence-electron chi connectivity index (χ0n) is 16.3. The summed E-state index contributed by atoms with van der Waals surface area (Å²) in [6.45, 7) is 6.79. The summed E-state index contributed by atoms with van der Waals surface area (Å²) in [6, 6.07) is 16.6. The lowest BCUT2D eigenvalue weighted by Crippen LogP contribution is -2.09. The molecular formula is C23H28FNS2. The van der Waals surface area contributed by atoms with E-state index in [0.29, 0.717) is 11.2 Å². The molecule has 1 unspecified atom stereocenters. The molecule has 0 saturated heterocycles. The molecule has 0 amide bonds. The Hall–Kier alpha value is -1.52. The van der Waals surface area contributed by atoms with E-state index in [2.05, 4.69) is 26.8 Å². The summed E-state index contributed by atoms with van der Waals surface area (Å²) in [5.41, 5.74) is 0.969. The predicted octanol–water partition coefficient (Wildman–Crippen LogP) is 8.11. The second-order valence-corrected chi connectivity index (χ2v) is 9.12. The molecule has 0 aromatic heterocycles. The minimum Gasteiger partial charge on any atom is -0.242 e. The highest BCUT2D eigenvalue weighted by Crippen LogP contribution is 2.28. The molecule has 2 aromatic carbocycles. The molecule has 0 aliphatic rings. The van der Waals surface area contributed by atoms with Gasteiger partial charge in [-0.05, 0) is 66.6 Å². The topological polar surface area (TPSA) is 12.4 Å². The van der Waals surface area contributed by atoms with Crippen LogP contribution in [0.1, 0.15) is 40.0 Å². The Morgan fingerprint density at radius 1 is 1.07 bits per heavy atom. The SMILES string of the molecule is CCCC(CC(C)C)SC(C=CSc1ccc(F)cc1)=Nc1ccccc1. The van der Waals surface area contributed by atoms with E-state index >= 15 is 0 Å². The molecule has 0 bridgehead atoms. The van der Waals surface area contributed by atoms with Crippen LogP contribution in [0.2, 0.25) is 0 Å². The molecule has 2 aromatic rings. The van der Waals surface area contributed by atoms with Crippen LogP contribution in [0, 0.1) is 11.7 Å². The van der Waals surface area contributed by atoms with Gasteiger partial charge in [0.05, 0.1) is 10.7 Å². The van der Waals surface area contributed by atoms with Crippen LogP contribution in [0.3, 0.4) is 0 Å².